The monoisotopic (exact) mass is 337 g/mol. The quantitative estimate of drug-likeness (QED) is 0.737. The van der Waals surface area contributed by atoms with Crippen molar-refractivity contribution in [1.29, 1.82) is 0 Å². The third kappa shape index (κ3) is 3.53. The molecule has 0 saturated heterocycles. The fraction of sp³-hybridized carbons (Fsp3) is 0.125. The first-order valence-electron chi connectivity index (χ1n) is 6.74. The van der Waals surface area contributed by atoms with Gasteiger partial charge in [-0.25, -0.2) is 9.97 Å². The van der Waals surface area contributed by atoms with Crippen molar-refractivity contribution in [2.24, 2.45) is 0 Å². The van der Waals surface area contributed by atoms with Gasteiger partial charge >= 0.3 is 6.18 Å². The van der Waals surface area contributed by atoms with Gasteiger partial charge in [0.15, 0.2) is 0 Å². The zero-order valence-corrected chi connectivity index (χ0v) is 12.5. The fourth-order valence-corrected chi connectivity index (χ4v) is 2.34. The summed E-state index contributed by atoms with van der Waals surface area (Å²) in [4.78, 5) is 8.30. The molecule has 0 unspecified atom stereocenters. The van der Waals surface area contributed by atoms with Crippen molar-refractivity contribution in [3.63, 3.8) is 0 Å². The lowest BCUT2D eigenvalue weighted by atomic mass is 10.1. The molecule has 2 aromatic carbocycles. The molecule has 0 bridgehead atoms. The Morgan fingerprint density at radius 1 is 1.00 bits per heavy atom. The average molecular weight is 338 g/mol. The summed E-state index contributed by atoms with van der Waals surface area (Å²) in [7, 11) is 0. The number of hydrogen-bond acceptors (Lipinski definition) is 3. The van der Waals surface area contributed by atoms with Crippen molar-refractivity contribution < 1.29 is 13.2 Å². The second-order valence-corrected chi connectivity index (χ2v) is 5.37. The highest BCUT2D eigenvalue weighted by Crippen LogP contribution is 2.29. The van der Waals surface area contributed by atoms with Crippen LogP contribution in [0.3, 0.4) is 0 Å². The van der Waals surface area contributed by atoms with Gasteiger partial charge in [-0.15, -0.1) is 0 Å². The van der Waals surface area contributed by atoms with Crippen molar-refractivity contribution in [3.8, 4) is 0 Å². The lowest BCUT2D eigenvalue weighted by Crippen LogP contribution is -2.06. The Morgan fingerprint density at radius 3 is 2.43 bits per heavy atom. The fourth-order valence-electron chi connectivity index (χ4n) is 2.17. The molecule has 1 N–H and O–H groups in total. The molecular weight excluding hydrogens is 327 g/mol. The second-order valence-electron chi connectivity index (χ2n) is 4.93. The van der Waals surface area contributed by atoms with E-state index in [0.29, 0.717) is 22.9 Å². The molecule has 23 heavy (non-hydrogen) atoms. The summed E-state index contributed by atoms with van der Waals surface area (Å²) in [6, 6.07) is 10.3. The molecule has 0 amide bonds. The molecule has 118 valence electrons. The lowest BCUT2D eigenvalue weighted by molar-refractivity contribution is -0.137. The molecule has 0 aliphatic heterocycles. The Balaban J connectivity index is 1.80. The maximum absolute atomic E-state index is 12.5. The highest BCUT2D eigenvalue weighted by Gasteiger charge is 2.29. The van der Waals surface area contributed by atoms with E-state index in [2.05, 4.69) is 15.3 Å². The highest BCUT2D eigenvalue weighted by molar-refractivity contribution is 6.31. The maximum Gasteiger partial charge on any atom is 0.416 e. The van der Waals surface area contributed by atoms with Crippen LogP contribution >= 0.6 is 11.6 Å². The standard InChI is InChI=1S/C16H11ClF3N3/c17-12-5-6-14-13(7-12)15(23-9-22-14)21-8-10-1-3-11(4-2-10)16(18,19)20/h1-7,9H,8H2,(H,21,22,23). The Morgan fingerprint density at radius 2 is 1.74 bits per heavy atom. The molecule has 7 heteroatoms. The first-order chi connectivity index (χ1) is 10.9. The minimum Gasteiger partial charge on any atom is -0.365 e. The molecule has 1 aromatic heterocycles. The van der Waals surface area contributed by atoms with Crippen LogP contribution in [0.25, 0.3) is 10.9 Å². The third-order valence-corrected chi connectivity index (χ3v) is 3.57. The van der Waals surface area contributed by atoms with Gasteiger partial charge in [0.2, 0.25) is 0 Å². The smallest absolute Gasteiger partial charge is 0.365 e. The van der Waals surface area contributed by atoms with E-state index in [4.69, 9.17) is 11.6 Å². The molecule has 0 saturated carbocycles. The van der Waals surface area contributed by atoms with E-state index in [9.17, 15) is 13.2 Å². The van der Waals surface area contributed by atoms with Crippen LogP contribution in [-0.2, 0) is 12.7 Å². The highest BCUT2D eigenvalue weighted by atomic mass is 35.5. The zero-order valence-electron chi connectivity index (χ0n) is 11.7. The average Bonchev–Trinajstić information content (AvgIpc) is 2.52. The van der Waals surface area contributed by atoms with Gasteiger partial charge in [-0.1, -0.05) is 23.7 Å². The van der Waals surface area contributed by atoms with E-state index in [1.807, 2.05) is 0 Å². The van der Waals surface area contributed by atoms with Crippen LogP contribution in [0.15, 0.2) is 48.8 Å². The summed E-state index contributed by atoms with van der Waals surface area (Å²) in [6.07, 6.45) is -2.91. The van der Waals surface area contributed by atoms with Gasteiger partial charge in [-0.2, -0.15) is 13.2 Å². The van der Waals surface area contributed by atoms with Crippen molar-refractivity contribution in [1.82, 2.24) is 9.97 Å². The number of halogens is 4. The van der Waals surface area contributed by atoms with Crippen molar-refractivity contribution in [3.05, 3.63) is 64.9 Å². The Labute approximate surface area is 135 Å². The van der Waals surface area contributed by atoms with E-state index in [0.717, 1.165) is 23.0 Å². The first kappa shape index (κ1) is 15.6. The molecular formula is C16H11ClF3N3. The number of anilines is 1. The summed E-state index contributed by atoms with van der Waals surface area (Å²) >= 11 is 5.98. The van der Waals surface area contributed by atoms with Gasteiger partial charge in [0.1, 0.15) is 12.1 Å². The van der Waals surface area contributed by atoms with Crippen LogP contribution in [0.1, 0.15) is 11.1 Å². The van der Waals surface area contributed by atoms with E-state index in [1.165, 1.54) is 18.5 Å². The van der Waals surface area contributed by atoms with Crippen molar-refractivity contribution >= 4 is 28.3 Å². The normalized spacial score (nSPS) is 11.7. The van der Waals surface area contributed by atoms with Crippen LogP contribution in [0.4, 0.5) is 19.0 Å². The summed E-state index contributed by atoms with van der Waals surface area (Å²) in [6.45, 7) is 0.344. The number of nitrogens with one attached hydrogen (secondary N) is 1. The summed E-state index contributed by atoms with van der Waals surface area (Å²) in [5.41, 5.74) is 0.784. The summed E-state index contributed by atoms with van der Waals surface area (Å²) < 4.78 is 37.6. The van der Waals surface area contributed by atoms with Crippen LogP contribution in [0.5, 0.6) is 0 Å². The Kier molecular flexibility index (Phi) is 4.09. The molecule has 3 nitrogen and oxygen atoms in total. The minimum absolute atomic E-state index is 0.344. The van der Waals surface area contributed by atoms with E-state index in [1.54, 1.807) is 18.2 Å². The van der Waals surface area contributed by atoms with Gasteiger partial charge in [-0.05, 0) is 35.9 Å². The number of benzene rings is 2. The molecule has 0 fully saturated rings. The molecule has 3 aromatic rings. The van der Waals surface area contributed by atoms with Gasteiger partial charge in [0.25, 0.3) is 0 Å². The van der Waals surface area contributed by atoms with Gasteiger partial charge in [0, 0.05) is 17.0 Å². The Hall–Kier alpha value is -2.34. The van der Waals surface area contributed by atoms with E-state index >= 15 is 0 Å². The molecule has 0 spiro atoms. The topological polar surface area (TPSA) is 37.8 Å². The molecule has 0 atom stereocenters. The molecule has 0 aliphatic carbocycles. The minimum atomic E-state index is -4.33. The van der Waals surface area contributed by atoms with Crippen LogP contribution in [-0.4, -0.2) is 9.97 Å². The Bertz CT molecular complexity index is 832. The molecule has 0 aliphatic rings. The van der Waals surface area contributed by atoms with Crippen molar-refractivity contribution in [2.45, 2.75) is 12.7 Å². The van der Waals surface area contributed by atoms with E-state index < -0.39 is 11.7 Å². The number of nitrogens with zero attached hydrogens (tertiary/aromatic N) is 2. The number of alkyl halides is 3. The number of aromatic nitrogens is 2. The molecule has 1 heterocycles. The van der Waals surface area contributed by atoms with Gasteiger partial charge < -0.3 is 5.32 Å². The van der Waals surface area contributed by atoms with Crippen LogP contribution in [0, 0.1) is 0 Å². The first-order valence-corrected chi connectivity index (χ1v) is 7.11. The van der Waals surface area contributed by atoms with Crippen molar-refractivity contribution in [2.75, 3.05) is 5.32 Å². The number of fused-ring (bicyclic) bond motifs is 1. The zero-order chi connectivity index (χ0) is 16.4. The lowest BCUT2D eigenvalue weighted by Gasteiger charge is -2.10. The summed E-state index contributed by atoms with van der Waals surface area (Å²) in [5.74, 6) is 0.581. The van der Waals surface area contributed by atoms with Gasteiger partial charge in [-0.3, -0.25) is 0 Å². The SMILES string of the molecule is FC(F)(F)c1ccc(CNc2ncnc3ccc(Cl)cc23)cc1. The van der Waals surface area contributed by atoms with Crippen LogP contribution < -0.4 is 5.32 Å². The summed E-state index contributed by atoms with van der Waals surface area (Å²) in [5, 5.41) is 4.41. The largest absolute Gasteiger partial charge is 0.416 e. The maximum atomic E-state index is 12.5. The number of rotatable bonds is 3. The second kappa shape index (κ2) is 6.04. The third-order valence-electron chi connectivity index (χ3n) is 3.34. The van der Waals surface area contributed by atoms with Gasteiger partial charge in [0.05, 0.1) is 11.1 Å². The predicted octanol–water partition coefficient (Wildman–Crippen LogP) is 4.91. The number of hydrogen-bond donors (Lipinski definition) is 1. The van der Waals surface area contributed by atoms with Crippen LogP contribution in [0.2, 0.25) is 5.02 Å². The molecule has 3 rings (SSSR count). The van der Waals surface area contributed by atoms with E-state index in [-0.39, 0.29) is 0 Å². The predicted molar refractivity (Wildman–Crippen MR) is 83.3 cm³/mol. The molecule has 0 radical (unpaired) electrons.